The zero-order chi connectivity index (χ0) is 43.8. The van der Waals surface area contributed by atoms with Crippen LogP contribution in [0, 0.1) is 23.7 Å². The molecule has 3 aliphatic rings. The summed E-state index contributed by atoms with van der Waals surface area (Å²) in [5, 5.41) is 2.66. The highest BCUT2D eigenvalue weighted by atomic mass is 32.1. The van der Waals surface area contributed by atoms with Crippen LogP contribution in [0.25, 0.3) is 53.6 Å². The molecule has 3 heteroatoms. The molecule has 1 heterocycles. The minimum atomic E-state index is -0.129. The van der Waals surface area contributed by atoms with Crippen molar-refractivity contribution in [3.8, 4) is 44.9 Å². The van der Waals surface area contributed by atoms with Crippen molar-refractivity contribution >= 4 is 48.6 Å². The average Bonchev–Trinajstić information content (AvgIpc) is 3.81. The summed E-state index contributed by atoms with van der Waals surface area (Å²) in [6.45, 7) is 9.70. The minimum absolute atomic E-state index is 0.129. The number of anilines is 3. The fraction of sp³-hybridized carbons (Fsp3) is 0.226. The van der Waals surface area contributed by atoms with E-state index in [1.54, 1.807) is 0 Å². The van der Waals surface area contributed by atoms with Crippen LogP contribution in [0.5, 0.6) is 11.5 Å². The summed E-state index contributed by atoms with van der Waals surface area (Å²) in [6.07, 6.45) is 5.19. The molecule has 0 saturated heterocycles. The molecule has 65 heavy (non-hydrogen) atoms. The SMILES string of the molecule is CC1(C)c2ccccc2-c2ccc(N(c3ccc(-c4ccccc4-c4cccc5sc6ccccc6c45)cc3)c3ccc(C4[C@H]5C[C@H](C)C[C@H]4C[C@H](C)C5)c(Oc4ccccc4)c3)cc21. The molecular weight excluding hydrogens is 807 g/mol. The van der Waals surface area contributed by atoms with Gasteiger partial charge in [0.25, 0.3) is 0 Å². The van der Waals surface area contributed by atoms with Crippen molar-refractivity contribution in [2.24, 2.45) is 23.7 Å². The number of ether oxygens (including phenoxy) is 1. The normalized spacial score (nSPS) is 20.6. The van der Waals surface area contributed by atoms with Gasteiger partial charge in [-0.1, -0.05) is 149 Å². The maximum Gasteiger partial charge on any atom is 0.133 e. The van der Waals surface area contributed by atoms with Gasteiger partial charge in [0, 0.05) is 48.7 Å². The summed E-state index contributed by atoms with van der Waals surface area (Å²) in [5.74, 6) is 5.26. The Kier molecular flexibility index (Phi) is 9.83. The molecule has 0 amide bonds. The lowest BCUT2D eigenvalue weighted by Crippen LogP contribution is -2.37. The maximum absolute atomic E-state index is 7.05. The Morgan fingerprint density at radius 3 is 1.85 bits per heavy atom. The zero-order valence-corrected chi connectivity index (χ0v) is 38.6. The number of thiophene rings is 1. The summed E-state index contributed by atoms with van der Waals surface area (Å²) in [6, 6.07) is 67.4. The molecule has 0 spiro atoms. The Morgan fingerprint density at radius 2 is 1.08 bits per heavy atom. The van der Waals surface area contributed by atoms with E-state index in [1.807, 2.05) is 11.3 Å². The van der Waals surface area contributed by atoms with Crippen LogP contribution in [0.1, 0.15) is 76.0 Å². The van der Waals surface area contributed by atoms with E-state index in [1.165, 1.54) is 95.9 Å². The number of nitrogens with zero attached hydrogens (tertiary/aromatic N) is 1. The number of para-hydroxylation sites is 1. The number of hydrogen-bond donors (Lipinski definition) is 0. The predicted molar refractivity (Wildman–Crippen MR) is 275 cm³/mol. The van der Waals surface area contributed by atoms with E-state index >= 15 is 0 Å². The van der Waals surface area contributed by atoms with Crippen LogP contribution in [0.2, 0.25) is 0 Å². The quantitative estimate of drug-likeness (QED) is 0.151. The van der Waals surface area contributed by atoms with E-state index in [-0.39, 0.29) is 5.41 Å². The summed E-state index contributed by atoms with van der Waals surface area (Å²) in [4.78, 5) is 2.46. The maximum atomic E-state index is 7.05. The van der Waals surface area contributed by atoms with Gasteiger partial charge in [0.2, 0.25) is 0 Å². The van der Waals surface area contributed by atoms with E-state index in [2.05, 4.69) is 215 Å². The first kappa shape index (κ1) is 40.1. The molecule has 1 aromatic heterocycles. The second kappa shape index (κ2) is 15.9. The predicted octanol–water partition coefficient (Wildman–Crippen LogP) is 18.1. The van der Waals surface area contributed by atoms with Crippen molar-refractivity contribution in [1.29, 1.82) is 0 Å². The van der Waals surface area contributed by atoms with Gasteiger partial charge in [-0.3, -0.25) is 0 Å². The lowest BCUT2D eigenvalue weighted by atomic mass is 9.57. The fourth-order valence-electron chi connectivity index (χ4n) is 12.6. The number of rotatable bonds is 8. The van der Waals surface area contributed by atoms with Crippen molar-refractivity contribution in [3.63, 3.8) is 0 Å². The van der Waals surface area contributed by atoms with Crippen LogP contribution >= 0.6 is 11.3 Å². The molecule has 0 unspecified atom stereocenters. The third-order valence-electron chi connectivity index (χ3n) is 15.3. The van der Waals surface area contributed by atoms with Crippen molar-refractivity contribution < 1.29 is 4.74 Å². The Labute approximate surface area is 388 Å². The van der Waals surface area contributed by atoms with Crippen molar-refractivity contribution in [2.75, 3.05) is 4.90 Å². The fourth-order valence-corrected chi connectivity index (χ4v) is 13.7. The molecule has 0 atom stereocenters. The lowest BCUT2D eigenvalue weighted by Gasteiger charge is -2.48. The van der Waals surface area contributed by atoms with E-state index in [9.17, 15) is 0 Å². The van der Waals surface area contributed by atoms with Crippen LogP contribution in [0.4, 0.5) is 17.1 Å². The minimum Gasteiger partial charge on any atom is -0.457 e. The van der Waals surface area contributed by atoms with E-state index < -0.39 is 0 Å². The second-order valence-corrected chi connectivity index (χ2v) is 21.0. The molecule has 8 aromatic carbocycles. The monoisotopic (exact) mass is 861 g/mol. The van der Waals surface area contributed by atoms with Crippen molar-refractivity contribution in [3.05, 3.63) is 199 Å². The topological polar surface area (TPSA) is 12.5 Å². The first-order valence-corrected chi connectivity index (χ1v) is 24.6. The van der Waals surface area contributed by atoms with Gasteiger partial charge in [-0.15, -0.1) is 11.3 Å². The first-order valence-electron chi connectivity index (χ1n) is 23.8. The Hall–Kier alpha value is -6.42. The molecule has 2 nitrogen and oxygen atoms in total. The van der Waals surface area contributed by atoms with Gasteiger partial charge in [0.05, 0.1) is 0 Å². The van der Waals surface area contributed by atoms with Gasteiger partial charge in [0.1, 0.15) is 11.5 Å². The third kappa shape index (κ3) is 6.90. The number of benzene rings is 8. The van der Waals surface area contributed by atoms with Crippen LogP contribution < -0.4 is 9.64 Å². The Morgan fingerprint density at radius 1 is 0.492 bits per heavy atom. The average molecular weight is 862 g/mol. The highest BCUT2D eigenvalue weighted by Gasteiger charge is 2.43. The highest BCUT2D eigenvalue weighted by Crippen LogP contribution is 2.56. The summed E-state index contributed by atoms with van der Waals surface area (Å²) in [5.41, 5.74) is 15.0. The first-order chi connectivity index (χ1) is 31.8. The number of fused-ring (bicyclic) bond motifs is 8. The van der Waals surface area contributed by atoms with Crippen LogP contribution in [0.3, 0.4) is 0 Å². The molecule has 2 fully saturated rings. The smallest absolute Gasteiger partial charge is 0.133 e. The molecule has 320 valence electrons. The van der Waals surface area contributed by atoms with Gasteiger partial charge < -0.3 is 9.64 Å². The highest BCUT2D eigenvalue weighted by molar-refractivity contribution is 7.25. The van der Waals surface area contributed by atoms with E-state index in [0.717, 1.165) is 40.4 Å². The third-order valence-corrected chi connectivity index (χ3v) is 16.4. The Bertz CT molecular complexity index is 3200. The molecule has 12 rings (SSSR count). The van der Waals surface area contributed by atoms with Crippen molar-refractivity contribution in [1.82, 2.24) is 0 Å². The summed E-state index contributed by atoms with van der Waals surface area (Å²) < 4.78 is 9.70. The second-order valence-electron chi connectivity index (χ2n) is 19.9. The Balaban J connectivity index is 1.00. The molecule has 0 radical (unpaired) electrons. The molecule has 9 aromatic rings. The van der Waals surface area contributed by atoms with Gasteiger partial charge >= 0.3 is 0 Å². The van der Waals surface area contributed by atoms with Gasteiger partial charge in [-0.25, -0.2) is 0 Å². The largest absolute Gasteiger partial charge is 0.457 e. The molecule has 3 aliphatic carbocycles. The molecule has 0 aliphatic heterocycles. The molecule has 2 saturated carbocycles. The molecule has 0 N–H and O–H groups in total. The van der Waals surface area contributed by atoms with Gasteiger partial charge in [-0.2, -0.15) is 0 Å². The lowest BCUT2D eigenvalue weighted by molar-refractivity contribution is 0.0784. The zero-order valence-electron chi connectivity index (χ0n) is 37.8. The standard InChI is InChI=1S/C62H55NOS/c1-39-33-42-35-40(2)36-43(34-39)60(42)53-32-30-46(38-57(53)64-47-15-6-5-7-16-47)63(45-29-31-51-50-19-10-12-22-55(50)62(3,4)56(51)37-45)44-27-25-41(26-28-44)48-17-8-9-18-49(48)52-21-14-24-59-61(52)54-20-11-13-23-58(54)65-59/h5-32,37-40,42-43,60H,33-36H2,1-4H3/t39-,40+,42-,43-,60?. The number of hydrogen-bond acceptors (Lipinski definition) is 3. The summed E-state index contributed by atoms with van der Waals surface area (Å²) in [7, 11) is 0. The summed E-state index contributed by atoms with van der Waals surface area (Å²) >= 11 is 1.88. The van der Waals surface area contributed by atoms with Gasteiger partial charge in [-0.05, 0) is 160 Å². The molecule has 2 bridgehead atoms. The van der Waals surface area contributed by atoms with Crippen molar-refractivity contribution in [2.45, 2.75) is 64.7 Å². The van der Waals surface area contributed by atoms with E-state index in [4.69, 9.17) is 4.74 Å². The van der Waals surface area contributed by atoms with Gasteiger partial charge in [0.15, 0.2) is 0 Å². The van der Waals surface area contributed by atoms with Crippen LogP contribution in [0.15, 0.2) is 182 Å². The van der Waals surface area contributed by atoms with E-state index in [0.29, 0.717) is 17.8 Å². The van der Waals surface area contributed by atoms with Crippen LogP contribution in [-0.2, 0) is 5.41 Å². The van der Waals surface area contributed by atoms with Crippen LogP contribution in [-0.4, -0.2) is 0 Å². The molecular formula is C62H55NOS.